The number of hydrogen-bond donors (Lipinski definition) is 1. The topological polar surface area (TPSA) is 29.5 Å². The summed E-state index contributed by atoms with van der Waals surface area (Å²) in [5.74, 6) is -4.50. The van der Waals surface area contributed by atoms with E-state index >= 15 is 0 Å². The van der Waals surface area contributed by atoms with Gasteiger partial charge in [0, 0.05) is 16.7 Å². The molecule has 3 unspecified atom stereocenters. The van der Waals surface area contributed by atoms with Crippen LogP contribution in [0.4, 0.5) is 17.6 Å². The standard InChI is InChI=1S/C23H20F4O2/c1-11(28)12-3-8-17(21(25)20(12)24)15-6-4-14-13(15)5-7-16(14)18-9-10-19(29-2)23(27)22(18)26/h3,6-11,13-14,28H,4-5H2,1-2H3. The van der Waals surface area contributed by atoms with Gasteiger partial charge in [-0.1, -0.05) is 24.3 Å². The monoisotopic (exact) mass is 404 g/mol. The molecule has 2 aromatic carbocycles. The minimum absolute atomic E-state index is 0.0950. The largest absolute Gasteiger partial charge is 0.494 e. The highest BCUT2D eigenvalue weighted by Crippen LogP contribution is 2.52. The lowest BCUT2D eigenvalue weighted by molar-refractivity contribution is 0.192. The molecule has 29 heavy (non-hydrogen) atoms. The Morgan fingerprint density at radius 3 is 1.86 bits per heavy atom. The molecule has 2 aromatic rings. The lowest BCUT2D eigenvalue weighted by Crippen LogP contribution is -2.10. The number of fused-ring (bicyclic) bond motifs is 1. The van der Waals surface area contributed by atoms with Crippen molar-refractivity contribution in [2.45, 2.75) is 25.9 Å². The molecule has 2 aliphatic carbocycles. The Balaban J connectivity index is 1.65. The first kappa shape index (κ1) is 19.7. The molecule has 0 aromatic heterocycles. The number of rotatable bonds is 4. The molecule has 0 spiro atoms. The van der Waals surface area contributed by atoms with Gasteiger partial charge in [-0.25, -0.2) is 13.2 Å². The zero-order chi connectivity index (χ0) is 20.9. The van der Waals surface area contributed by atoms with Crippen molar-refractivity contribution in [3.8, 4) is 5.75 Å². The van der Waals surface area contributed by atoms with Crippen molar-refractivity contribution < 1.29 is 27.4 Å². The number of halogens is 4. The third kappa shape index (κ3) is 3.06. The minimum Gasteiger partial charge on any atom is -0.494 e. The van der Waals surface area contributed by atoms with Crippen LogP contribution in [0.5, 0.6) is 5.75 Å². The molecule has 4 rings (SSSR count). The predicted octanol–water partition coefficient (Wildman–Crippen LogP) is 5.81. The Hall–Kier alpha value is -2.60. The maximum atomic E-state index is 14.7. The third-order valence-electron chi connectivity index (χ3n) is 5.92. The van der Waals surface area contributed by atoms with E-state index < -0.39 is 29.4 Å². The van der Waals surface area contributed by atoms with Gasteiger partial charge >= 0.3 is 0 Å². The molecule has 0 saturated carbocycles. The van der Waals surface area contributed by atoms with Crippen LogP contribution in [0.25, 0.3) is 11.1 Å². The fraction of sp³-hybridized carbons (Fsp3) is 0.304. The summed E-state index contributed by atoms with van der Waals surface area (Å²) in [5.41, 5.74) is 1.55. The molecule has 0 saturated heterocycles. The van der Waals surface area contributed by atoms with Crippen molar-refractivity contribution in [2.24, 2.45) is 11.8 Å². The molecular weight excluding hydrogens is 384 g/mol. The highest BCUT2D eigenvalue weighted by atomic mass is 19.2. The Morgan fingerprint density at radius 1 is 0.828 bits per heavy atom. The second-order valence-electron chi connectivity index (χ2n) is 7.45. The predicted molar refractivity (Wildman–Crippen MR) is 102 cm³/mol. The van der Waals surface area contributed by atoms with Crippen LogP contribution in [-0.4, -0.2) is 12.2 Å². The van der Waals surface area contributed by atoms with E-state index in [1.165, 1.54) is 38.3 Å². The van der Waals surface area contributed by atoms with E-state index in [-0.39, 0.29) is 34.3 Å². The Morgan fingerprint density at radius 2 is 1.34 bits per heavy atom. The summed E-state index contributed by atoms with van der Waals surface area (Å²) < 4.78 is 62.6. The van der Waals surface area contributed by atoms with Crippen LogP contribution in [-0.2, 0) is 0 Å². The number of methoxy groups -OCH3 is 1. The first-order chi connectivity index (χ1) is 13.8. The van der Waals surface area contributed by atoms with Gasteiger partial charge in [-0.3, -0.25) is 0 Å². The average Bonchev–Trinajstić information content (AvgIpc) is 3.28. The quantitative estimate of drug-likeness (QED) is 0.652. The summed E-state index contributed by atoms with van der Waals surface area (Å²) in [6.07, 6.45) is 3.61. The first-order valence-electron chi connectivity index (χ1n) is 9.43. The van der Waals surface area contributed by atoms with Gasteiger partial charge in [-0.2, -0.15) is 4.39 Å². The third-order valence-corrected chi connectivity index (χ3v) is 5.92. The Bertz CT molecular complexity index is 1040. The molecule has 0 aliphatic heterocycles. The van der Waals surface area contributed by atoms with E-state index in [2.05, 4.69) is 0 Å². The SMILES string of the molecule is COc1ccc(C2=CCC3C(c4ccc(C(C)O)c(F)c4F)=CCC23)c(F)c1F. The van der Waals surface area contributed by atoms with E-state index in [4.69, 9.17) is 4.74 Å². The molecule has 152 valence electrons. The number of aliphatic hydroxyl groups excluding tert-OH is 1. The van der Waals surface area contributed by atoms with Crippen LogP contribution in [0, 0.1) is 35.1 Å². The van der Waals surface area contributed by atoms with Gasteiger partial charge in [0.15, 0.2) is 23.2 Å². The lowest BCUT2D eigenvalue weighted by atomic mass is 9.85. The minimum atomic E-state index is -1.11. The zero-order valence-corrected chi connectivity index (χ0v) is 16.0. The van der Waals surface area contributed by atoms with E-state index in [9.17, 15) is 22.7 Å². The van der Waals surface area contributed by atoms with Gasteiger partial charge in [0.05, 0.1) is 13.2 Å². The summed E-state index contributed by atoms with van der Waals surface area (Å²) in [7, 11) is 1.27. The van der Waals surface area contributed by atoms with Crippen LogP contribution in [0.2, 0.25) is 0 Å². The van der Waals surface area contributed by atoms with Crippen molar-refractivity contribution in [1.82, 2.24) is 0 Å². The highest BCUT2D eigenvalue weighted by molar-refractivity contribution is 5.80. The highest BCUT2D eigenvalue weighted by Gasteiger charge is 2.39. The number of ether oxygens (including phenoxy) is 1. The fourth-order valence-corrected chi connectivity index (χ4v) is 4.47. The molecule has 0 amide bonds. The van der Waals surface area contributed by atoms with Crippen LogP contribution in [0.15, 0.2) is 36.4 Å². The molecule has 0 heterocycles. The molecule has 0 fully saturated rings. The molecule has 3 atom stereocenters. The van der Waals surface area contributed by atoms with E-state index in [0.29, 0.717) is 24.0 Å². The average molecular weight is 404 g/mol. The molecule has 2 aliphatic rings. The zero-order valence-electron chi connectivity index (χ0n) is 16.0. The van der Waals surface area contributed by atoms with Crippen molar-refractivity contribution in [3.63, 3.8) is 0 Å². The van der Waals surface area contributed by atoms with Gasteiger partial charge in [0.1, 0.15) is 0 Å². The first-order valence-corrected chi connectivity index (χ1v) is 9.43. The van der Waals surface area contributed by atoms with Crippen LogP contribution >= 0.6 is 0 Å². The fourth-order valence-electron chi connectivity index (χ4n) is 4.47. The molecule has 0 bridgehead atoms. The summed E-state index contributed by atoms with van der Waals surface area (Å²) >= 11 is 0. The van der Waals surface area contributed by atoms with Gasteiger partial charge in [-0.05, 0) is 54.9 Å². The second kappa shape index (κ2) is 7.34. The number of allylic oxidation sites excluding steroid dienone is 4. The number of aliphatic hydroxyl groups is 1. The molecule has 2 nitrogen and oxygen atoms in total. The summed E-state index contributed by atoms with van der Waals surface area (Å²) in [5, 5.41) is 9.58. The number of benzene rings is 2. The van der Waals surface area contributed by atoms with Crippen molar-refractivity contribution >= 4 is 11.1 Å². The molecule has 1 N–H and O–H groups in total. The maximum Gasteiger partial charge on any atom is 0.201 e. The Labute approximate surface area is 166 Å². The second-order valence-corrected chi connectivity index (χ2v) is 7.45. The molecule has 0 radical (unpaired) electrons. The van der Waals surface area contributed by atoms with Crippen molar-refractivity contribution in [2.75, 3.05) is 7.11 Å². The molecule has 6 heteroatoms. The van der Waals surface area contributed by atoms with Crippen LogP contribution in [0.1, 0.15) is 42.6 Å². The van der Waals surface area contributed by atoms with Crippen molar-refractivity contribution in [3.05, 3.63) is 76.4 Å². The van der Waals surface area contributed by atoms with Crippen LogP contribution < -0.4 is 4.74 Å². The number of hydrogen-bond acceptors (Lipinski definition) is 2. The van der Waals surface area contributed by atoms with Gasteiger partial charge in [0.25, 0.3) is 0 Å². The van der Waals surface area contributed by atoms with Gasteiger partial charge in [-0.15, -0.1) is 0 Å². The van der Waals surface area contributed by atoms with Crippen LogP contribution in [0.3, 0.4) is 0 Å². The van der Waals surface area contributed by atoms with Crippen molar-refractivity contribution in [1.29, 1.82) is 0 Å². The van der Waals surface area contributed by atoms with E-state index in [1.54, 1.807) is 0 Å². The van der Waals surface area contributed by atoms with Gasteiger partial charge in [0.2, 0.25) is 5.82 Å². The lowest BCUT2D eigenvalue weighted by Gasteiger charge is -2.20. The maximum absolute atomic E-state index is 14.7. The molecular formula is C23H20F4O2. The summed E-state index contributed by atoms with van der Waals surface area (Å²) in [6, 6.07) is 5.73. The normalized spacial score (nSPS) is 21.6. The summed E-state index contributed by atoms with van der Waals surface area (Å²) in [4.78, 5) is 0. The summed E-state index contributed by atoms with van der Waals surface area (Å²) in [6.45, 7) is 1.37. The smallest absolute Gasteiger partial charge is 0.201 e. The van der Waals surface area contributed by atoms with E-state index in [1.807, 2.05) is 12.2 Å². The van der Waals surface area contributed by atoms with E-state index in [0.717, 1.165) is 0 Å². The van der Waals surface area contributed by atoms with Gasteiger partial charge < -0.3 is 9.84 Å². The Kier molecular flexibility index (Phi) is 4.99.